The molecule has 2 unspecified atom stereocenters. The van der Waals surface area contributed by atoms with Crippen LogP contribution in [0, 0.1) is 5.92 Å². The molecule has 1 aliphatic carbocycles. The van der Waals surface area contributed by atoms with E-state index >= 15 is 0 Å². The second-order valence-electron chi connectivity index (χ2n) is 2.47. The first kappa shape index (κ1) is 6.34. The summed E-state index contributed by atoms with van der Waals surface area (Å²) in [4.78, 5) is 0.738. The van der Waals surface area contributed by atoms with Crippen molar-refractivity contribution in [3.63, 3.8) is 0 Å². The first-order valence-electron chi connectivity index (χ1n) is 3.10. The van der Waals surface area contributed by atoms with Gasteiger partial charge in [-0.3, -0.25) is 0 Å². The van der Waals surface area contributed by atoms with Crippen LogP contribution in [-0.2, 0) is 0 Å². The van der Waals surface area contributed by atoms with Crippen LogP contribution in [0.5, 0.6) is 0 Å². The maximum atomic E-state index is 3.58. The van der Waals surface area contributed by atoms with Crippen molar-refractivity contribution < 1.29 is 0 Å². The van der Waals surface area contributed by atoms with E-state index in [-0.39, 0.29) is 0 Å². The predicted octanol–water partition coefficient (Wildman–Crippen LogP) is 2.74. The van der Waals surface area contributed by atoms with E-state index in [0.29, 0.717) is 0 Å². The third-order valence-electron chi connectivity index (χ3n) is 1.48. The second kappa shape index (κ2) is 2.67. The van der Waals surface area contributed by atoms with Gasteiger partial charge in [0.1, 0.15) is 0 Å². The lowest BCUT2D eigenvalue weighted by molar-refractivity contribution is 0.603. The summed E-state index contributed by atoms with van der Waals surface area (Å²) in [5, 5.41) is 0. The first-order chi connectivity index (χ1) is 3.79. The molecule has 0 radical (unpaired) electrons. The highest BCUT2D eigenvalue weighted by molar-refractivity contribution is 9.09. The Morgan fingerprint density at radius 1 is 1.62 bits per heavy atom. The molecule has 0 bridgehead atoms. The number of halogens is 1. The molecule has 0 aliphatic heterocycles. The van der Waals surface area contributed by atoms with Crippen LogP contribution in [0.4, 0.5) is 0 Å². The van der Waals surface area contributed by atoms with Crippen LogP contribution < -0.4 is 0 Å². The largest absolute Gasteiger partial charge is 0.0887 e. The van der Waals surface area contributed by atoms with Crippen molar-refractivity contribution in [2.75, 3.05) is 0 Å². The second-order valence-corrected chi connectivity index (χ2v) is 3.77. The van der Waals surface area contributed by atoms with Crippen LogP contribution >= 0.6 is 15.9 Å². The van der Waals surface area contributed by atoms with Crippen LogP contribution in [0.2, 0.25) is 0 Å². The smallest absolute Gasteiger partial charge is 0.0185 e. The summed E-state index contributed by atoms with van der Waals surface area (Å²) in [5.41, 5.74) is 0. The average Bonchev–Trinajstić information content (AvgIpc) is 1.64. The molecular formula is C7H11Br. The minimum Gasteiger partial charge on any atom is -0.0887 e. The topological polar surface area (TPSA) is 0 Å². The van der Waals surface area contributed by atoms with Gasteiger partial charge in [0.25, 0.3) is 0 Å². The molecule has 46 valence electrons. The van der Waals surface area contributed by atoms with Crippen LogP contribution in [0.25, 0.3) is 0 Å². The minimum atomic E-state index is 0.738. The molecule has 8 heavy (non-hydrogen) atoms. The third kappa shape index (κ3) is 1.62. The first-order valence-corrected chi connectivity index (χ1v) is 4.01. The van der Waals surface area contributed by atoms with Crippen molar-refractivity contribution in [2.24, 2.45) is 5.92 Å². The van der Waals surface area contributed by atoms with Crippen LogP contribution in [0.1, 0.15) is 19.8 Å². The van der Waals surface area contributed by atoms with Gasteiger partial charge in [0.05, 0.1) is 0 Å². The van der Waals surface area contributed by atoms with Gasteiger partial charge in [0, 0.05) is 4.83 Å². The van der Waals surface area contributed by atoms with Gasteiger partial charge in [-0.05, 0) is 18.8 Å². The van der Waals surface area contributed by atoms with E-state index in [1.54, 1.807) is 0 Å². The molecule has 1 rings (SSSR count). The average molecular weight is 175 g/mol. The normalized spacial score (nSPS) is 37.8. The molecule has 0 saturated heterocycles. The zero-order valence-corrected chi connectivity index (χ0v) is 6.69. The maximum absolute atomic E-state index is 3.58. The quantitative estimate of drug-likeness (QED) is 0.392. The highest BCUT2D eigenvalue weighted by Gasteiger charge is 2.09. The Bertz CT molecular complexity index is 96.6. The fourth-order valence-corrected chi connectivity index (χ4v) is 1.84. The fraction of sp³-hybridized carbons (Fsp3) is 0.714. The van der Waals surface area contributed by atoms with Crippen molar-refractivity contribution in [3.05, 3.63) is 12.2 Å². The SMILES string of the molecule is CC1C=CCC(Br)C1. The van der Waals surface area contributed by atoms with Crippen molar-refractivity contribution in [1.29, 1.82) is 0 Å². The number of rotatable bonds is 0. The zero-order valence-electron chi connectivity index (χ0n) is 5.10. The number of hydrogen-bond donors (Lipinski definition) is 0. The highest BCUT2D eigenvalue weighted by Crippen LogP contribution is 2.22. The molecule has 0 fully saturated rings. The Balaban J connectivity index is 2.42. The van der Waals surface area contributed by atoms with Gasteiger partial charge < -0.3 is 0 Å². The Labute approximate surface area is 59.1 Å². The van der Waals surface area contributed by atoms with Gasteiger partial charge in [0.15, 0.2) is 0 Å². The zero-order chi connectivity index (χ0) is 5.98. The highest BCUT2D eigenvalue weighted by atomic mass is 79.9. The number of alkyl halides is 1. The molecule has 0 spiro atoms. The molecule has 0 N–H and O–H groups in total. The van der Waals surface area contributed by atoms with Crippen molar-refractivity contribution in [1.82, 2.24) is 0 Å². The molecule has 1 heteroatoms. The lowest BCUT2D eigenvalue weighted by Gasteiger charge is -2.15. The van der Waals surface area contributed by atoms with Crippen molar-refractivity contribution in [2.45, 2.75) is 24.6 Å². The molecule has 0 aromatic rings. The standard InChI is InChI=1S/C7H11Br/c1-6-3-2-4-7(8)5-6/h2-3,6-7H,4-5H2,1H3. The molecule has 0 heterocycles. The summed E-state index contributed by atoms with van der Waals surface area (Å²) >= 11 is 3.58. The summed E-state index contributed by atoms with van der Waals surface area (Å²) < 4.78 is 0. The molecular weight excluding hydrogens is 164 g/mol. The Morgan fingerprint density at radius 2 is 2.38 bits per heavy atom. The molecule has 0 amide bonds. The van der Waals surface area contributed by atoms with E-state index in [9.17, 15) is 0 Å². The fourth-order valence-electron chi connectivity index (χ4n) is 1.04. The van der Waals surface area contributed by atoms with E-state index < -0.39 is 0 Å². The van der Waals surface area contributed by atoms with Gasteiger partial charge in [0.2, 0.25) is 0 Å². The van der Waals surface area contributed by atoms with Gasteiger partial charge >= 0.3 is 0 Å². The van der Waals surface area contributed by atoms with Gasteiger partial charge in [-0.15, -0.1) is 0 Å². The van der Waals surface area contributed by atoms with Crippen LogP contribution in [-0.4, -0.2) is 4.83 Å². The lowest BCUT2D eigenvalue weighted by atomic mass is 9.98. The Hall–Kier alpha value is 0.220. The Morgan fingerprint density at radius 3 is 2.75 bits per heavy atom. The lowest BCUT2D eigenvalue weighted by Crippen LogP contribution is -2.06. The van der Waals surface area contributed by atoms with Gasteiger partial charge in [-0.2, -0.15) is 0 Å². The summed E-state index contributed by atoms with van der Waals surface area (Å²) in [6.45, 7) is 2.25. The van der Waals surface area contributed by atoms with Gasteiger partial charge in [-0.1, -0.05) is 35.0 Å². The van der Waals surface area contributed by atoms with E-state index in [2.05, 4.69) is 35.0 Å². The summed E-state index contributed by atoms with van der Waals surface area (Å²) in [6.07, 6.45) is 7.06. The van der Waals surface area contributed by atoms with E-state index in [1.165, 1.54) is 12.8 Å². The van der Waals surface area contributed by atoms with Crippen molar-refractivity contribution >= 4 is 15.9 Å². The van der Waals surface area contributed by atoms with Crippen molar-refractivity contribution in [3.8, 4) is 0 Å². The molecule has 0 aromatic carbocycles. The number of hydrogen-bond acceptors (Lipinski definition) is 0. The molecule has 0 nitrogen and oxygen atoms in total. The van der Waals surface area contributed by atoms with Gasteiger partial charge in [-0.25, -0.2) is 0 Å². The summed E-state index contributed by atoms with van der Waals surface area (Å²) in [5.74, 6) is 0.785. The maximum Gasteiger partial charge on any atom is 0.0185 e. The summed E-state index contributed by atoms with van der Waals surface area (Å²) in [7, 11) is 0. The number of allylic oxidation sites excluding steroid dienone is 2. The summed E-state index contributed by atoms with van der Waals surface area (Å²) in [6, 6.07) is 0. The molecule has 0 saturated carbocycles. The molecule has 2 atom stereocenters. The molecule has 0 aromatic heterocycles. The Kier molecular flexibility index (Phi) is 2.12. The van der Waals surface area contributed by atoms with Crippen LogP contribution in [0.15, 0.2) is 12.2 Å². The van der Waals surface area contributed by atoms with Crippen LogP contribution in [0.3, 0.4) is 0 Å². The molecule has 1 aliphatic rings. The predicted molar refractivity (Wildman–Crippen MR) is 40.3 cm³/mol. The van der Waals surface area contributed by atoms with E-state index in [0.717, 1.165) is 10.7 Å². The third-order valence-corrected chi connectivity index (χ3v) is 2.23. The van der Waals surface area contributed by atoms with E-state index in [1.807, 2.05) is 0 Å². The minimum absolute atomic E-state index is 0.738. The monoisotopic (exact) mass is 174 g/mol. The van der Waals surface area contributed by atoms with E-state index in [4.69, 9.17) is 0 Å².